The minimum absolute atomic E-state index is 0.0816. The van der Waals surface area contributed by atoms with Crippen molar-refractivity contribution in [1.82, 2.24) is 4.31 Å². The molecule has 2 aromatic rings. The van der Waals surface area contributed by atoms with Crippen LogP contribution in [0.2, 0.25) is 0 Å². The highest BCUT2D eigenvalue weighted by Gasteiger charge is 2.36. The van der Waals surface area contributed by atoms with Crippen LogP contribution in [0.3, 0.4) is 0 Å². The Hall–Kier alpha value is -2.23. The summed E-state index contributed by atoms with van der Waals surface area (Å²) < 4.78 is 53.3. The summed E-state index contributed by atoms with van der Waals surface area (Å²) in [5, 5.41) is 1.99. The number of aryl methyl sites for hydroxylation is 1. The maximum Gasteiger partial charge on any atom is 0.243 e. The van der Waals surface area contributed by atoms with Crippen LogP contribution in [0.25, 0.3) is 0 Å². The van der Waals surface area contributed by atoms with Gasteiger partial charge in [0, 0.05) is 25.2 Å². The van der Waals surface area contributed by atoms with E-state index in [9.17, 15) is 21.6 Å². The van der Waals surface area contributed by atoms with Crippen molar-refractivity contribution in [3.63, 3.8) is 0 Å². The van der Waals surface area contributed by atoms with E-state index in [0.29, 0.717) is 23.2 Å². The molecule has 0 bridgehead atoms. The number of hydrogen-bond donors (Lipinski definition) is 1. The van der Waals surface area contributed by atoms with Crippen LogP contribution in [-0.2, 0) is 24.7 Å². The van der Waals surface area contributed by atoms with Crippen LogP contribution in [0, 0.1) is 6.92 Å². The first-order valence-corrected chi connectivity index (χ1v) is 13.0. The molecule has 162 valence electrons. The average molecular weight is 451 g/mol. The maximum absolute atomic E-state index is 13.2. The Balaban J connectivity index is 1.86. The van der Waals surface area contributed by atoms with Gasteiger partial charge in [-0.3, -0.25) is 4.79 Å². The molecule has 3 rings (SSSR count). The molecule has 0 saturated carbocycles. The Bertz CT molecular complexity index is 1130. The second-order valence-electron chi connectivity index (χ2n) is 7.34. The normalized spacial score (nSPS) is 19.7. The first-order valence-electron chi connectivity index (χ1n) is 9.82. The molecule has 1 atom stereocenters. The second kappa shape index (κ2) is 8.87. The highest BCUT2D eigenvalue weighted by molar-refractivity contribution is 7.92. The number of anilines is 1. The van der Waals surface area contributed by atoms with E-state index in [1.165, 1.54) is 10.4 Å². The molecular weight excluding hydrogens is 424 g/mol. The Kier molecular flexibility index (Phi) is 6.64. The van der Waals surface area contributed by atoms with Gasteiger partial charge in [0.2, 0.25) is 15.9 Å². The molecule has 9 heteroatoms. The zero-order valence-electron chi connectivity index (χ0n) is 17.0. The van der Waals surface area contributed by atoms with Gasteiger partial charge >= 0.3 is 0 Å². The number of sulfone groups is 1. The number of sulfonamides is 1. The van der Waals surface area contributed by atoms with Crippen molar-refractivity contribution in [2.75, 3.05) is 24.2 Å². The summed E-state index contributed by atoms with van der Waals surface area (Å²) in [6.07, 6.45) is 0.527. The van der Waals surface area contributed by atoms with E-state index in [1.54, 1.807) is 50.2 Å². The largest absolute Gasteiger partial charge is 0.326 e. The van der Waals surface area contributed by atoms with Gasteiger partial charge in [-0.2, -0.15) is 4.31 Å². The van der Waals surface area contributed by atoms with E-state index in [1.807, 2.05) is 6.07 Å². The molecule has 0 radical (unpaired) electrons. The molecule has 1 heterocycles. The summed E-state index contributed by atoms with van der Waals surface area (Å²) in [4.78, 5) is 11.7. The highest BCUT2D eigenvalue weighted by Crippen LogP contribution is 2.32. The van der Waals surface area contributed by atoms with Crippen molar-refractivity contribution >= 4 is 31.5 Å². The molecule has 0 spiro atoms. The van der Waals surface area contributed by atoms with Crippen LogP contribution in [0.15, 0.2) is 53.4 Å². The lowest BCUT2D eigenvalue weighted by Gasteiger charge is -2.21. The zero-order valence-corrected chi connectivity index (χ0v) is 18.7. The average Bonchev–Trinajstić information content (AvgIpc) is 2.86. The van der Waals surface area contributed by atoms with Crippen molar-refractivity contribution in [2.45, 2.75) is 36.8 Å². The number of carbonyl (C=O) groups excluding carboxylic acids is 1. The minimum Gasteiger partial charge on any atom is -0.326 e. The second-order valence-corrected chi connectivity index (χ2v) is 11.6. The number of rotatable bonds is 5. The SMILES string of the molecule is CCC(=O)Nc1ccc(S(=O)(=O)N2CCC(c3ccccc3)S(=O)(=O)CC2)c(C)c1. The van der Waals surface area contributed by atoms with E-state index in [-0.39, 0.29) is 36.1 Å². The van der Waals surface area contributed by atoms with E-state index in [2.05, 4.69) is 5.32 Å². The third-order valence-electron chi connectivity index (χ3n) is 5.27. The first kappa shape index (κ1) is 22.5. The summed E-state index contributed by atoms with van der Waals surface area (Å²) in [5.41, 5.74) is 1.71. The third kappa shape index (κ3) is 4.74. The fourth-order valence-corrected chi connectivity index (χ4v) is 7.18. The van der Waals surface area contributed by atoms with E-state index in [0.717, 1.165) is 0 Å². The predicted molar refractivity (Wildman–Crippen MR) is 116 cm³/mol. The van der Waals surface area contributed by atoms with E-state index in [4.69, 9.17) is 0 Å². The summed E-state index contributed by atoms with van der Waals surface area (Å²) in [6, 6.07) is 13.5. The van der Waals surface area contributed by atoms with Gasteiger partial charge in [0.15, 0.2) is 9.84 Å². The number of benzene rings is 2. The molecule has 1 fully saturated rings. The lowest BCUT2D eigenvalue weighted by molar-refractivity contribution is -0.115. The summed E-state index contributed by atoms with van der Waals surface area (Å²) in [6.45, 7) is 3.43. The molecule has 1 amide bonds. The van der Waals surface area contributed by atoms with E-state index < -0.39 is 25.1 Å². The smallest absolute Gasteiger partial charge is 0.243 e. The van der Waals surface area contributed by atoms with Crippen molar-refractivity contribution in [1.29, 1.82) is 0 Å². The molecule has 1 saturated heterocycles. The van der Waals surface area contributed by atoms with Gasteiger partial charge in [0.25, 0.3) is 0 Å². The molecule has 30 heavy (non-hydrogen) atoms. The van der Waals surface area contributed by atoms with Gasteiger partial charge in [-0.05, 0) is 42.7 Å². The molecule has 0 aromatic heterocycles. The number of nitrogens with one attached hydrogen (secondary N) is 1. The Morgan fingerprint density at radius 2 is 1.83 bits per heavy atom. The zero-order chi connectivity index (χ0) is 21.9. The Morgan fingerprint density at radius 3 is 2.47 bits per heavy atom. The number of nitrogens with zero attached hydrogens (tertiary/aromatic N) is 1. The monoisotopic (exact) mass is 450 g/mol. The van der Waals surface area contributed by atoms with Gasteiger partial charge in [0.05, 0.1) is 15.9 Å². The van der Waals surface area contributed by atoms with Crippen LogP contribution >= 0.6 is 0 Å². The summed E-state index contributed by atoms with van der Waals surface area (Å²) in [7, 11) is -7.34. The van der Waals surface area contributed by atoms with Gasteiger partial charge in [-0.15, -0.1) is 0 Å². The summed E-state index contributed by atoms with van der Waals surface area (Å²) >= 11 is 0. The third-order valence-corrected chi connectivity index (χ3v) is 9.45. The molecule has 1 unspecified atom stereocenters. The standard InChI is InChI=1S/C21H26N2O5S2/c1-3-21(24)22-18-9-10-19(16(2)15-18)30(27,28)23-12-11-20(29(25,26)14-13-23)17-7-5-4-6-8-17/h4-10,15,20H,3,11-14H2,1-2H3,(H,22,24). The fourth-order valence-electron chi connectivity index (χ4n) is 3.61. The van der Waals surface area contributed by atoms with Crippen LogP contribution in [0.5, 0.6) is 0 Å². The van der Waals surface area contributed by atoms with E-state index >= 15 is 0 Å². The summed E-state index contributed by atoms with van der Waals surface area (Å²) in [5.74, 6) is -0.384. The van der Waals surface area contributed by atoms with Crippen molar-refractivity contribution in [3.05, 3.63) is 59.7 Å². The number of amides is 1. The van der Waals surface area contributed by atoms with Gasteiger partial charge < -0.3 is 5.32 Å². The van der Waals surface area contributed by atoms with Crippen LogP contribution in [-0.4, -0.2) is 45.9 Å². The topological polar surface area (TPSA) is 101 Å². The highest BCUT2D eigenvalue weighted by atomic mass is 32.2. The van der Waals surface area contributed by atoms with Gasteiger partial charge in [0.1, 0.15) is 0 Å². The molecule has 0 aliphatic carbocycles. The molecule has 1 aliphatic heterocycles. The van der Waals surface area contributed by atoms with Crippen molar-refractivity contribution in [3.8, 4) is 0 Å². The predicted octanol–water partition coefficient (Wildman–Crippen LogP) is 2.89. The van der Waals surface area contributed by atoms with Gasteiger partial charge in [-0.1, -0.05) is 37.3 Å². The quantitative estimate of drug-likeness (QED) is 0.755. The van der Waals surface area contributed by atoms with Crippen molar-refractivity contribution in [2.24, 2.45) is 0 Å². The molecule has 1 N–H and O–H groups in total. The van der Waals surface area contributed by atoms with Crippen LogP contribution in [0.4, 0.5) is 5.69 Å². The molecule has 7 nitrogen and oxygen atoms in total. The minimum atomic E-state index is -3.87. The Morgan fingerprint density at radius 1 is 1.13 bits per heavy atom. The van der Waals surface area contributed by atoms with Gasteiger partial charge in [-0.25, -0.2) is 16.8 Å². The molecule has 1 aliphatic rings. The number of hydrogen-bond acceptors (Lipinski definition) is 5. The molecular formula is C21H26N2O5S2. The first-order chi connectivity index (χ1) is 14.1. The number of carbonyl (C=O) groups is 1. The lowest BCUT2D eigenvalue weighted by atomic mass is 10.1. The van der Waals surface area contributed by atoms with Crippen molar-refractivity contribution < 1.29 is 21.6 Å². The lowest BCUT2D eigenvalue weighted by Crippen LogP contribution is -2.34. The Labute approximate surface area is 178 Å². The molecule has 2 aromatic carbocycles. The van der Waals surface area contributed by atoms with Crippen LogP contribution in [0.1, 0.15) is 36.1 Å². The van der Waals surface area contributed by atoms with Crippen LogP contribution < -0.4 is 5.32 Å². The fraction of sp³-hybridized carbons (Fsp3) is 0.381. The maximum atomic E-state index is 13.2.